The monoisotopic (exact) mass is 484 g/mol. The molecule has 32 heavy (non-hydrogen) atoms. The third-order valence-corrected chi connectivity index (χ3v) is 7.43. The molecule has 1 aromatic heterocycles. The Kier molecular flexibility index (Phi) is 7.74. The molecule has 2 heterocycles. The van der Waals surface area contributed by atoms with Crippen LogP contribution in [0, 0.1) is 10.1 Å². The summed E-state index contributed by atoms with van der Waals surface area (Å²) in [6.45, 7) is 1.67. The summed E-state index contributed by atoms with van der Waals surface area (Å²) in [7, 11) is -2.47. The van der Waals surface area contributed by atoms with Crippen molar-refractivity contribution in [2.75, 3.05) is 38.3 Å². The van der Waals surface area contributed by atoms with E-state index < -0.39 is 38.1 Å². The van der Waals surface area contributed by atoms with Gasteiger partial charge in [0.2, 0.25) is 5.91 Å². The van der Waals surface area contributed by atoms with Crippen molar-refractivity contribution in [2.24, 2.45) is 4.99 Å². The van der Waals surface area contributed by atoms with Gasteiger partial charge in [0.15, 0.2) is 14.6 Å². The second kappa shape index (κ2) is 10.3. The highest BCUT2D eigenvalue weighted by Crippen LogP contribution is 2.23. The van der Waals surface area contributed by atoms with E-state index in [1.165, 1.54) is 24.1 Å². The van der Waals surface area contributed by atoms with E-state index in [1.54, 1.807) is 10.6 Å². The standard InChI is InChI=1S/C19H24N4O7S2/c1-30-10-9-22-15-6-5-14(23(26)27)11-16(15)31-19(22)20-17(24)12-32(28,29)13-18(25)21-7-3-2-4-8-21/h5-6,11H,2-4,7-10,12-13H2,1H3. The number of aromatic nitrogens is 1. The number of fused-ring (bicyclic) bond motifs is 1. The number of ether oxygens (including phenoxy) is 1. The van der Waals surface area contributed by atoms with E-state index in [0.717, 1.165) is 30.6 Å². The summed E-state index contributed by atoms with van der Waals surface area (Å²) in [5.74, 6) is -3.01. The number of rotatable bonds is 8. The zero-order valence-corrected chi connectivity index (χ0v) is 19.2. The third-order valence-electron chi connectivity index (χ3n) is 5.01. The van der Waals surface area contributed by atoms with Gasteiger partial charge in [-0.1, -0.05) is 11.3 Å². The molecular formula is C19H24N4O7S2. The summed E-state index contributed by atoms with van der Waals surface area (Å²) < 4.78 is 32.1. The van der Waals surface area contributed by atoms with Gasteiger partial charge in [0.25, 0.3) is 11.6 Å². The highest BCUT2D eigenvalue weighted by atomic mass is 32.2. The lowest BCUT2D eigenvalue weighted by Crippen LogP contribution is -2.40. The van der Waals surface area contributed by atoms with Gasteiger partial charge < -0.3 is 14.2 Å². The first kappa shape index (κ1) is 24.0. The van der Waals surface area contributed by atoms with E-state index >= 15 is 0 Å². The smallest absolute Gasteiger partial charge is 0.270 e. The molecule has 2 aromatic rings. The van der Waals surface area contributed by atoms with Crippen molar-refractivity contribution in [2.45, 2.75) is 25.8 Å². The first-order chi connectivity index (χ1) is 15.2. The molecule has 1 aliphatic heterocycles. The number of nitro benzene ring substituents is 1. The Labute approximate surface area is 188 Å². The van der Waals surface area contributed by atoms with Gasteiger partial charge in [-0.3, -0.25) is 19.7 Å². The fourth-order valence-corrected chi connectivity index (χ4v) is 5.67. The van der Waals surface area contributed by atoms with Crippen LogP contribution in [-0.4, -0.2) is 72.9 Å². The van der Waals surface area contributed by atoms with Crippen molar-refractivity contribution in [1.29, 1.82) is 0 Å². The van der Waals surface area contributed by atoms with Crippen molar-refractivity contribution < 1.29 is 27.7 Å². The van der Waals surface area contributed by atoms with Gasteiger partial charge in [-0.25, -0.2) is 8.42 Å². The summed E-state index contributed by atoms with van der Waals surface area (Å²) in [6, 6.07) is 4.28. The Balaban J connectivity index is 1.83. The summed E-state index contributed by atoms with van der Waals surface area (Å²) in [6.07, 6.45) is 2.69. The molecule has 0 radical (unpaired) electrons. The molecule has 0 atom stereocenters. The van der Waals surface area contributed by atoms with Gasteiger partial charge in [0, 0.05) is 38.9 Å². The Morgan fingerprint density at radius 1 is 1.22 bits per heavy atom. The van der Waals surface area contributed by atoms with Crippen LogP contribution in [0.2, 0.25) is 0 Å². The van der Waals surface area contributed by atoms with Crippen LogP contribution in [0.3, 0.4) is 0 Å². The van der Waals surface area contributed by atoms with Gasteiger partial charge in [-0.2, -0.15) is 4.99 Å². The summed E-state index contributed by atoms with van der Waals surface area (Å²) in [5.41, 5.74) is 0.515. The number of carbonyl (C=O) groups excluding carboxylic acids is 2. The van der Waals surface area contributed by atoms with Crippen molar-refractivity contribution >= 4 is 48.9 Å². The molecule has 1 fully saturated rings. The summed E-state index contributed by atoms with van der Waals surface area (Å²) in [4.78, 5) is 40.9. The minimum atomic E-state index is -3.98. The molecule has 13 heteroatoms. The highest BCUT2D eigenvalue weighted by Gasteiger charge is 2.25. The lowest BCUT2D eigenvalue weighted by Gasteiger charge is -2.26. The Hall–Kier alpha value is -2.64. The first-order valence-corrected chi connectivity index (χ1v) is 12.7. The normalized spacial score (nSPS) is 15.3. The zero-order valence-electron chi connectivity index (χ0n) is 17.6. The SMILES string of the molecule is COCCn1c(=NC(=O)CS(=O)(=O)CC(=O)N2CCCCC2)sc2cc([N+](=O)[O-])ccc21. The minimum Gasteiger partial charge on any atom is -0.383 e. The first-order valence-electron chi connectivity index (χ1n) is 10.0. The van der Waals surface area contributed by atoms with E-state index in [-0.39, 0.29) is 10.5 Å². The van der Waals surface area contributed by atoms with Gasteiger partial charge in [0.05, 0.1) is 21.7 Å². The minimum absolute atomic E-state index is 0.102. The molecule has 0 spiro atoms. The Morgan fingerprint density at radius 3 is 2.59 bits per heavy atom. The molecule has 0 bridgehead atoms. The molecule has 3 rings (SSSR count). The van der Waals surface area contributed by atoms with E-state index in [0.29, 0.717) is 36.5 Å². The van der Waals surface area contributed by atoms with E-state index in [9.17, 15) is 28.1 Å². The number of methoxy groups -OCH3 is 1. The maximum Gasteiger partial charge on any atom is 0.270 e. The maximum atomic E-state index is 12.4. The molecule has 1 aliphatic rings. The van der Waals surface area contributed by atoms with Gasteiger partial charge in [-0.15, -0.1) is 0 Å². The number of benzene rings is 1. The second-order valence-electron chi connectivity index (χ2n) is 7.42. The molecule has 174 valence electrons. The summed E-state index contributed by atoms with van der Waals surface area (Å²) in [5, 5.41) is 11.1. The number of likely N-dealkylation sites (tertiary alicyclic amines) is 1. The Morgan fingerprint density at radius 2 is 1.94 bits per heavy atom. The highest BCUT2D eigenvalue weighted by molar-refractivity contribution is 7.92. The quantitative estimate of drug-likeness (QED) is 0.404. The van der Waals surface area contributed by atoms with Crippen LogP contribution in [0.5, 0.6) is 0 Å². The van der Waals surface area contributed by atoms with Crippen LogP contribution in [0.15, 0.2) is 23.2 Å². The molecule has 0 N–H and O–H groups in total. The largest absolute Gasteiger partial charge is 0.383 e. The van der Waals surface area contributed by atoms with E-state index in [2.05, 4.69) is 4.99 Å². The average Bonchev–Trinajstić information content (AvgIpc) is 3.07. The lowest BCUT2D eigenvalue weighted by molar-refractivity contribution is -0.384. The topological polar surface area (TPSA) is 141 Å². The van der Waals surface area contributed by atoms with Gasteiger partial charge >= 0.3 is 0 Å². The molecule has 1 saturated heterocycles. The van der Waals surface area contributed by atoms with Crippen LogP contribution < -0.4 is 4.80 Å². The van der Waals surface area contributed by atoms with Crippen LogP contribution in [-0.2, 0) is 30.7 Å². The predicted molar refractivity (Wildman–Crippen MR) is 118 cm³/mol. The fraction of sp³-hybridized carbons (Fsp3) is 0.526. The lowest BCUT2D eigenvalue weighted by atomic mass is 10.1. The molecule has 2 amide bonds. The van der Waals surface area contributed by atoms with E-state index in [1.807, 2.05) is 0 Å². The number of non-ortho nitro benzene ring substituents is 1. The average molecular weight is 485 g/mol. The number of thiazole rings is 1. The van der Waals surface area contributed by atoms with Crippen molar-refractivity contribution in [3.05, 3.63) is 33.1 Å². The van der Waals surface area contributed by atoms with Gasteiger partial charge in [-0.05, 0) is 25.3 Å². The molecule has 1 aromatic carbocycles. The number of sulfone groups is 1. The maximum absolute atomic E-state index is 12.4. The van der Waals surface area contributed by atoms with Crippen LogP contribution in [0.1, 0.15) is 19.3 Å². The van der Waals surface area contributed by atoms with Crippen LogP contribution >= 0.6 is 11.3 Å². The number of amides is 2. The number of nitrogens with zero attached hydrogens (tertiary/aromatic N) is 4. The Bertz CT molecular complexity index is 1190. The molecule has 0 unspecified atom stereocenters. The molecule has 11 nitrogen and oxygen atoms in total. The molecule has 0 aliphatic carbocycles. The van der Waals surface area contributed by atoms with Crippen molar-refractivity contribution in [3.63, 3.8) is 0 Å². The number of piperidine rings is 1. The van der Waals surface area contributed by atoms with Crippen LogP contribution in [0.25, 0.3) is 10.2 Å². The van der Waals surface area contributed by atoms with Crippen LogP contribution in [0.4, 0.5) is 5.69 Å². The number of hydrogen-bond donors (Lipinski definition) is 0. The van der Waals surface area contributed by atoms with Crippen molar-refractivity contribution in [3.8, 4) is 0 Å². The van der Waals surface area contributed by atoms with Gasteiger partial charge in [0.1, 0.15) is 11.5 Å². The third kappa shape index (κ3) is 5.99. The fourth-order valence-electron chi connectivity index (χ4n) is 3.46. The number of carbonyl (C=O) groups is 2. The number of hydrogen-bond acceptors (Lipinski definition) is 8. The van der Waals surface area contributed by atoms with Crippen molar-refractivity contribution in [1.82, 2.24) is 9.47 Å². The molecule has 0 saturated carbocycles. The van der Waals surface area contributed by atoms with E-state index in [4.69, 9.17) is 4.74 Å². The summed E-state index contributed by atoms with van der Waals surface area (Å²) >= 11 is 1.04. The predicted octanol–water partition coefficient (Wildman–Crippen LogP) is 1.11. The molecular weight excluding hydrogens is 460 g/mol. The zero-order chi connectivity index (χ0) is 23.3. The number of nitro groups is 1. The second-order valence-corrected chi connectivity index (χ2v) is 10.5.